The average Bonchev–Trinajstić information content (AvgIpc) is 2.52. The fourth-order valence-electron chi connectivity index (χ4n) is 0.907. The fourth-order valence-corrected chi connectivity index (χ4v) is 0.907. The number of aromatic nitrogens is 2. The van der Waals surface area contributed by atoms with Gasteiger partial charge in [-0.15, -0.1) is 0 Å². The van der Waals surface area contributed by atoms with Gasteiger partial charge in [-0.3, -0.25) is 9.89 Å². The molecule has 0 saturated carbocycles. The van der Waals surface area contributed by atoms with Crippen molar-refractivity contribution < 1.29 is 4.79 Å². The Labute approximate surface area is 75.8 Å². The van der Waals surface area contributed by atoms with E-state index in [-0.39, 0.29) is 5.91 Å². The minimum atomic E-state index is -0.193. The topological polar surface area (TPSA) is 81.6 Å². The molecule has 0 aliphatic heterocycles. The number of nitrogens with zero attached hydrogens (tertiary/aromatic N) is 2. The number of carbonyl (C=O) groups is 1. The van der Waals surface area contributed by atoms with Gasteiger partial charge in [-0.05, 0) is 6.92 Å². The van der Waals surface area contributed by atoms with E-state index >= 15 is 0 Å². The van der Waals surface area contributed by atoms with Gasteiger partial charge >= 0.3 is 0 Å². The van der Waals surface area contributed by atoms with Crippen molar-refractivity contribution in [2.45, 2.75) is 13.3 Å². The number of aryl methyl sites for hydroxylation is 1. The van der Waals surface area contributed by atoms with Gasteiger partial charge in [-0.1, -0.05) is 0 Å². The standard InChI is InChI=1S/C8H10N4O/c1-6-7(5-11-12-6)8(13)10-4-2-3-9/h5H,2,4H2,1H3,(H,10,13)(H,11,12). The molecule has 0 spiro atoms. The normalized spacial score (nSPS) is 9.23. The second-order valence-electron chi connectivity index (χ2n) is 2.57. The lowest BCUT2D eigenvalue weighted by Gasteiger charge is -1.99. The minimum absolute atomic E-state index is 0.193. The summed E-state index contributed by atoms with van der Waals surface area (Å²) in [5, 5.41) is 17.2. The van der Waals surface area contributed by atoms with Crippen LogP contribution >= 0.6 is 0 Å². The molecule has 0 saturated heterocycles. The van der Waals surface area contributed by atoms with E-state index in [0.717, 1.165) is 5.69 Å². The Kier molecular flexibility index (Phi) is 3.03. The van der Waals surface area contributed by atoms with E-state index in [0.29, 0.717) is 18.5 Å². The van der Waals surface area contributed by atoms with E-state index in [2.05, 4.69) is 15.5 Å². The molecule has 5 nitrogen and oxygen atoms in total. The van der Waals surface area contributed by atoms with Crippen LogP contribution in [-0.4, -0.2) is 22.6 Å². The van der Waals surface area contributed by atoms with E-state index in [9.17, 15) is 4.79 Å². The summed E-state index contributed by atoms with van der Waals surface area (Å²) in [4.78, 5) is 11.3. The molecule has 1 rings (SSSR count). The summed E-state index contributed by atoms with van der Waals surface area (Å²) in [7, 11) is 0. The largest absolute Gasteiger partial charge is 0.351 e. The maximum atomic E-state index is 11.3. The summed E-state index contributed by atoms with van der Waals surface area (Å²) in [6, 6.07) is 1.94. The van der Waals surface area contributed by atoms with Gasteiger partial charge in [0.05, 0.1) is 24.3 Å². The molecule has 0 aliphatic carbocycles. The van der Waals surface area contributed by atoms with Crippen LogP contribution in [0.2, 0.25) is 0 Å². The van der Waals surface area contributed by atoms with Crippen molar-refractivity contribution in [2.24, 2.45) is 0 Å². The third kappa shape index (κ3) is 2.30. The lowest BCUT2D eigenvalue weighted by molar-refractivity contribution is 0.0954. The Morgan fingerprint density at radius 3 is 3.15 bits per heavy atom. The summed E-state index contributed by atoms with van der Waals surface area (Å²) in [6.07, 6.45) is 1.79. The van der Waals surface area contributed by atoms with Crippen LogP contribution in [-0.2, 0) is 0 Å². The molecule has 0 unspecified atom stereocenters. The molecule has 13 heavy (non-hydrogen) atoms. The van der Waals surface area contributed by atoms with Crippen LogP contribution in [0.1, 0.15) is 22.5 Å². The number of hydrogen-bond donors (Lipinski definition) is 2. The predicted octanol–water partition coefficient (Wildman–Crippen LogP) is 0.362. The Bertz CT molecular complexity index is 336. The quantitative estimate of drug-likeness (QED) is 0.656. The summed E-state index contributed by atoms with van der Waals surface area (Å²) >= 11 is 0. The zero-order valence-corrected chi connectivity index (χ0v) is 7.29. The van der Waals surface area contributed by atoms with Gasteiger partial charge in [0.25, 0.3) is 5.91 Å². The van der Waals surface area contributed by atoms with Crippen molar-refractivity contribution in [1.29, 1.82) is 5.26 Å². The first kappa shape index (κ1) is 9.26. The monoisotopic (exact) mass is 178 g/mol. The molecular formula is C8H10N4O. The van der Waals surface area contributed by atoms with E-state index < -0.39 is 0 Å². The maximum Gasteiger partial charge on any atom is 0.254 e. The molecule has 0 aliphatic rings. The Morgan fingerprint density at radius 2 is 2.62 bits per heavy atom. The van der Waals surface area contributed by atoms with E-state index in [4.69, 9.17) is 5.26 Å². The third-order valence-electron chi connectivity index (χ3n) is 1.60. The molecule has 1 heterocycles. The van der Waals surface area contributed by atoms with Gasteiger partial charge < -0.3 is 5.32 Å². The van der Waals surface area contributed by atoms with Gasteiger partial charge in [0.15, 0.2) is 0 Å². The van der Waals surface area contributed by atoms with E-state index in [1.807, 2.05) is 6.07 Å². The molecule has 0 radical (unpaired) electrons. The number of H-pyrrole nitrogens is 1. The third-order valence-corrected chi connectivity index (χ3v) is 1.60. The van der Waals surface area contributed by atoms with Gasteiger partial charge in [0, 0.05) is 12.2 Å². The van der Waals surface area contributed by atoms with Crippen molar-refractivity contribution in [3.05, 3.63) is 17.5 Å². The molecule has 0 aromatic carbocycles. The molecule has 0 atom stereocenters. The molecular weight excluding hydrogens is 168 g/mol. The summed E-state index contributed by atoms with van der Waals surface area (Å²) in [5.74, 6) is -0.193. The summed E-state index contributed by atoms with van der Waals surface area (Å²) in [6.45, 7) is 2.14. The maximum absolute atomic E-state index is 11.3. The van der Waals surface area contributed by atoms with Crippen LogP contribution in [0.5, 0.6) is 0 Å². The number of hydrogen-bond acceptors (Lipinski definition) is 3. The van der Waals surface area contributed by atoms with Gasteiger partial charge in [-0.25, -0.2) is 0 Å². The zero-order chi connectivity index (χ0) is 9.68. The molecule has 1 amide bonds. The van der Waals surface area contributed by atoms with Gasteiger partial charge in [0.1, 0.15) is 0 Å². The average molecular weight is 178 g/mol. The van der Waals surface area contributed by atoms with Crippen molar-refractivity contribution in [1.82, 2.24) is 15.5 Å². The molecule has 68 valence electrons. The SMILES string of the molecule is Cc1[nH]ncc1C(=O)NCCC#N. The lowest BCUT2D eigenvalue weighted by atomic mass is 10.2. The van der Waals surface area contributed by atoms with E-state index in [1.54, 1.807) is 6.92 Å². The second-order valence-corrected chi connectivity index (χ2v) is 2.57. The number of amides is 1. The highest BCUT2D eigenvalue weighted by Crippen LogP contribution is 2.01. The smallest absolute Gasteiger partial charge is 0.254 e. The number of carbonyl (C=O) groups excluding carboxylic acids is 1. The van der Waals surface area contributed by atoms with Crippen molar-refractivity contribution in [3.63, 3.8) is 0 Å². The number of aromatic amines is 1. The highest BCUT2D eigenvalue weighted by Gasteiger charge is 2.08. The number of nitriles is 1. The van der Waals surface area contributed by atoms with Crippen molar-refractivity contribution in [3.8, 4) is 6.07 Å². The number of rotatable bonds is 3. The Morgan fingerprint density at radius 1 is 1.85 bits per heavy atom. The first-order valence-electron chi connectivity index (χ1n) is 3.91. The first-order valence-corrected chi connectivity index (χ1v) is 3.91. The van der Waals surface area contributed by atoms with E-state index in [1.165, 1.54) is 6.20 Å². The van der Waals surface area contributed by atoms with Crippen LogP contribution < -0.4 is 5.32 Å². The second kappa shape index (κ2) is 4.26. The zero-order valence-electron chi connectivity index (χ0n) is 7.29. The molecule has 0 fully saturated rings. The Hall–Kier alpha value is -1.83. The van der Waals surface area contributed by atoms with Crippen LogP contribution in [0.15, 0.2) is 6.20 Å². The summed E-state index contributed by atoms with van der Waals surface area (Å²) < 4.78 is 0. The minimum Gasteiger partial charge on any atom is -0.351 e. The fraction of sp³-hybridized carbons (Fsp3) is 0.375. The number of nitrogens with one attached hydrogen (secondary N) is 2. The highest BCUT2D eigenvalue weighted by molar-refractivity contribution is 5.94. The van der Waals surface area contributed by atoms with Crippen LogP contribution in [0.4, 0.5) is 0 Å². The highest BCUT2D eigenvalue weighted by atomic mass is 16.1. The van der Waals surface area contributed by atoms with Crippen LogP contribution in [0, 0.1) is 18.3 Å². The van der Waals surface area contributed by atoms with Crippen LogP contribution in [0.25, 0.3) is 0 Å². The lowest BCUT2D eigenvalue weighted by Crippen LogP contribution is -2.24. The van der Waals surface area contributed by atoms with Crippen LogP contribution in [0.3, 0.4) is 0 Å². The van der Waals surface area contributed by atoms with Crippen molar-refractivity contribution >= 4 is 5.91 Å². The molecule has 2 N–H and O–H groups in total. The molecule has 5 heteroatoms. The van der Waals surface area contributed by atoms with Crippen molar-refractivity contribution in [2.75, 3.05) is 6.54 Å². The molecule has 1 aromatic rings. The van der Waals surface area contributed by atoms with Gasteiger partial charge in [0.2, 0.25) is 0 Å². The first-order chi connectivity index (χ1) is 6.25. The molecule has 1 aromatic heterocycles. The summed E-state index contributed by atoms with van der Waals surface area (Å²) in [5.41, 5.74) is 1.26. The Balaban J connectivity index is 2.50. The molecule has 0 bridgehead atoms. The van der Waals surface area contributed by atoms with Gasteiger partial charge in [-0.2, -0.15) is 10.4 Å². The predicted molar refractivity (Wildman–Crippen MR) is 45.9 cm³/mol.